The highest BCUT2D eigenvalue weighted by Gasteiger charge is 2.27. The number of halogens is 1. The molecule has 1 N–H and O–H groups in total. The number of sulfonamides is 1. The highest BCUT2D eigenvalue weighted by atomic mass is 35.5. The third-order valence-electron chi connectivity index (χ3n) is 4.07. The molecule has 2 aromatic rings. The van der Waals surface area contributed by atoms with Crippen molar-refractivity contribution < 1.29 is 17.9 Å². The molecule has 0 unspecified atom stereocenters. The highest BCUT2D eigenvalue weighted by molar-refractivity contribution is 7.92. The summed E-state index contributed by atoms with van der Waals surface area (Å²) in [5.74, 6) is 0.165. The maximum absolute atomic E-state index is 13.2. The van der Waals surface area contributed by atoms with Gasteiger partial charge in [0.1, 0.15) is 12.3 Å². The molecule has 0 saturated heterocycles. The molecule has 0 aromatic heterocycles. The highest BCUT2D eigenvalue weighted by Crippen LogP contribution is 2.26. The van der Waals surface area contributed by atoms with E-state index in [1.54, 1.807) is 36.4 Å². The number of hydrogen-bond donors (Lipinski definition) is 1. The maximum Gasteiger partial charge on any atom is 0.264 e. The van der Waals surface area contributed by atoms with Crippen LogP contribution in [0.4, 0.5) is 5.69 Å². The van der Waals surface area contributed by atoms with Crippen molar-refractivity contribution in [3.63, 3.8) is 0 Å². The fraction of sp³-hybridized carbons (Fsp3) is 0.316. The summed E-state index contributed by atoms with van der Waals surface area (Å²) in [6.07, 6.45) is 0.748. The van der Waals surface area contributed by atoms with E-state index in [0.717, 1.165) is 10.7 Å². The van der Waals surface area contributed by atoms with E-state index in [4.69, 9.17) is 16.3 Å². The zero-order valence-electron chi connectivity index (χ0n) is 15.5. The average Bonchev–Trinajstić information content (AvgIpc) is 2.66. The summed E-state index contributed by atoms with van der Waals surface area (Å²) in [6, 6.07) is 12.3. The number of methoxy groups -OCH3 is 1. The second kappa shape index (κ2) is 9.10. The molecule has 27 heavy (non-hydrogen) atoms. The molecule has 1 amide bonds. The smallest absolute Gasteiger partial charge is 0.264 e. The van der Waals surface area contributed by atoms with Crippen molar-refractivity contribution in [3.05, 3.63) is 53.6 Å². The van der Waals surface area contributed by atoms with Gasteiger partial charge < -0.3 is 10.1 Å². The van der Waals surface area contributed by atoms with Gasteiger partial charge in [-0.25, -0.2) is 8.42 Å². The van der Waals surface area contributed by atoms with Crippen LogP contribution in [0.15, 0.2) is 53.4 Å². The first kappa shape index (κ1) is 21.1. The molecule has 0 aliphatic rings. The van der Waals surface area contributed by atoms with Crippen LogP contribution in [0.5, 0.6) is 5.75 Å². The topological polar surface area (TPSA) is 75.7 Å². The Morgan fingerprint density at radius 2 is 1.74 bits per heavy atom. The number of rotatable bonds is 8. The van der Waals surface area contributed by atoms with Gasteiger partial charge in [-0.1, -0.05) is 18.5 Å². The summed E-state index contributed by atoms with van der Waals surface area (Å²) in [5.41, 5.74) is 0.356. The van der Waals surface area contributed by atoms with Crippen LogP contribution in [-0.2, 0) is 14.8 Å². The summed E-state index contributed by atoms with van der Waals surface area (Å²) in [5, 5.41) is 3.27. The summed E-state index contributed by atoms with van der Waals surface area (Å²) in [6.45, 7) is 3.47. The number of anilines is 1. The molecular formula is C19H23ClN2O4S. The fourth-order valence-corrected chi connectivity index (χ4v) is 3.90. The van der Waals surface area contributed by atoms with Crippen molar-refractivity contribution in [2.24, 2.45) is 0 Å². The summed E-state index contributed by atoms with van der Waals surface area (Å²) in [7, 11) is -2.45. The first-order valence-electron chi connectivity index (χ1n) is 8.49. The number of nitrogens with zero attached hydrogens (tertiary/aromatic N) is 1. The third-order valence-corrected chi connectivity index (χ3v) is 6.11. The summed E-state index contributed by atoms with van der Waals surface area (Å²) >= 11 is 5.91. The summed E-state index contributed by atoms with van der Waals surface area (Å²) in [4.78, 5) is 12.4. The van der Waals surface area contributed by atoms with Crippen LogP contribution in [0.1, 0.15) is 20.3 Å². The average molecular weight is 411 g/mol. The SMILES string of the molecule is CC[C@@H](C)NC(=O)CN(c1ccc(Cl)cc1)S(=O)(=O)c1ccc(OC)cc1. The minimum absolute atomic E-state index is 0.0479. The molecule has 0 aliphatic carbocycles. The zero-order chi connectivity index (χ0) is 20.0. The molecule has 0 fully saturated rings. The Kier molecular flexibility index (Phi) is 7.10. The van der Waals surface area contributed by atoms with Crippen LogP contribution >= 0.6 is 11.6 Å². The van der Waals surface area contributed by atoms with Crippen molar-refractivity contribution >= 4 is 33.2 Å². The number of nitrogens with one attached hydrogen (secondary N) is 1. The van der Waals surface area contributed by atoms with Crippen LogP contribution in [0.2, 0.25) is 5.02 Å². The molecule has 0 radical (unpaired) electrons. The van der Waals surface area contributed by atoms with Gasteiger partial charge in [0.2, 0.25) is 5.91 Å². The minimum Gasteiger partial charge on any atom is -0.497 e. The van der Waals surface area contributed by atoms with E-state index >= 15 is 0 Å². The Hall–Kier alpha value is -2.25. The van der Waals surface area contributed by atoms with Gasteiger partial charge in [-0.3, -0.25) is 9.10 Å². The van der Waals surface area contributed by atoms with E-state index in [2.05, 4.69) is 5.32 Å². The standard InChI is InChI=1S/C19H23ClN2O4S/c1-4-14(2)21-19(23)13-22(16-7-5-15(20)6-8-16)27(24,25)18-11-9-17(26-3)10-12-18/h5-12,14H,4,13H2,1-3H3,(H,21,23)/t14-/m1/s1. The molecular weight excluding hydrogens is 388 g/mol. The van der Waals surface area contributed by atoms with Gasteiger partial charge in [0, 0.05) is 11.1 Å². The Bertz CT molecular complexity index is 868. The Morgan fingerprint density at radius 1 is 1.15 bits per heavy atom. The van der Waals surface area contributed by atoms with Crippen molar-refractivity contribution in [1.82, 2.24) is 5.32 Å². The second-order valence-corrected chi connectivity index (χ2v) is 8.34. The Labute approximate surface area is 165 Å². The lowest BCUT2D eigenvalue weighted by molar-refractivity contribution is -0.120. The van der Waals surface area contributed by atoms with E-state index in [-0.39, 0.29) is 23.4 Å². The maximum atomic E-state index is 13.2. The molecule has 0 aliphatic heterocycles. The van der Waals surface area contributed by atoms with Crippen LogP contribution in [0.3, 0.4) is 0 Å². The normalized spacial score (nSPS) is 12.3. The lowest BCUT2D eigenvalue weighted by Gasteiger charge is -2.25. The number of benzene rings is 2. The van der Waals surface area contributed by atoms with Crippen molar-refractivity contribution in [1.29, 1.82) is 0 Å². The van der Waals surface area contributed by atoms with Crippen molar-refractivity contribution in [3.8, 4) is 5.75 Å². The molecule has 2 rings (SSSR count). The molecule has 0 spiro atoms. The lowest BCUT2D eigenvalue weighted by Crippen LogP contribution is -2.43. The van der Waals surface area contributed by atoms with E-state index < -0.39 is 10.0 Å². The monoisotopic (exact) mass is 410 g/mol. The van der Waals surface area contributed by atoms with Gasteiger partial charge in [-0.2, -0.15) is 0 Å². The first-order chi connectivity index (χ1) is 12.8. The fourth-order valence-electron chi connectivity index (χ4n) is 2.35. The molecule has 0 saturated carbocycles. The number of ether oxygens (including phenoxy) is 1. The minimum atomic E-state index is -3.96. The second-order valence-electron chi connectivity index (χ2n) is 6.04. The van der Waals surface area contributed by atoms with Crippen molar-refractivity contribution in [2.45, 2.75) is 31.2 Å². The van der Waals surface area contributed by atoms with E-state index in [1.165, 1.54) is 19.2 Å². The zero-order valence-corrected chi connectivity index (χ0v) is 17.0. The molecule has 2 aromatic carbocycles. The molecule has 146 valence electrons. The van der Waals surface area contributed by atoms with Gasteiger partial charge in [0.15, 0.2) is 0 Å². The molecule has 1 atom stereocenters. The Morgan fingerprint density at radius 3 is 2.26 bits per heavy atom. The third kappa shape index (κ3) is 5.37. The Balaban J connectivity index is 2.40. The largest absolute Gasteiger partial charge is 0.497 e. The quantitative estimate of drug-likeness (QED) is 0.723. The van der Waals surface area contributed by atoms with E-state index in [1.807, 2.05) is 13.8 Å². The molecule has 0 heterocycles. The van der Waals surface area contributed by atoms with Crippen LogP contribution in [0.25, 0.3) is 0 Å². The van der Waals surface area contributed by atoms with Crippen molar-refractivity contribution in [2.75, 3.05) is 18.0 Å². The summed E-state index contributed by atoms with van der Waals surface area (Å²) < 4.78 is 32.5. The van der Waals surface area contributed by atoms with Crippen LogP contribution < -0.4 is 14.4 Å². The van der Waals surface area contributed by atoms with Crippen LogP contribution in [0, 0.1) is 0 Å². The van der Waals surface area contributed by atoms with Gasteiger partial charge >= 0.3 is 0 Å². The van der Waals surface area contributed by atoms with Gasteiger partial charge in [0.25, 0.3) is 10.0 Å². The number of carbonyl (C=O) groups excluding carboxylic acids is 1. The molecule has 8 heteroatoms. The number of carbonyl (C=O) groups is 1. The molecule has 0 bridgehead atoms. The lowest BCUT2D eigenvalue weighted by atomic mass is 10.2. The van der Waals surface area contributed by atoms with Gasteiger partial charge in [-0.05, 0) is 61.9 Å². The van der Waals surface area contributed by atoms with E-state index in [9.17, 15) is 13.2 Å². The number of amides is 1. The van der Waals surface area contributed by atoms with Crippen LogP contribution in [-0.4, -0.2) is 34.0 Å². The van der Waals surface area contributed by atoms with E-state index in [0.29, 0.717) is 16.5 Å². The molecule has 6 nitrogen and oxygen atoms in total. The predicted octanol–water partition coefficient (Wildman–Crippen LogP) is 3.46. The number of hydrogen-bond acceptors (Lipinski definition) is 4. The first-order valence-corrected chi connectivity index (χ1v) is 10.3. The predicted molar refractivity (Wildman–Crippen MR) is 107 cm³/mol. The van der Waals surface area contributed by atoms with Gasteiger partial charge in [-0.15, -0.1) is 0 Å². The van der Waals surface area contributed by atoms with Gasteiger partial charge in [0.05, 0.1) is 17.7 Å².